The number of rotatable bonds is 4. The highest BCUT2D eigenvalue weighted by molar-refractivity contribution is 6.30. The number of nitrogens with zero attached hydrogens (tertiary/aromatic N) is 4. The quantitative estimate of drug-likeness (QED) is 0.844. The molecule has 0 saturated carbocycles. The lowest BCUT2D eigenvalue weighted by atomic mass is 10.1. The van der Waals surface area contributed by atoms with Crippen LogP contribution >= 0.6 is 11.6 Å². The van der Waals surface area contributed by atoms with E-state index in [0.29, 0.717) is 19.5 Å². The van der Waals surface area contributed by atoms with Gasteiger partial charge >= 0.3 is 0 Å². The summed E-state index contributed by atoms with van der Waals surface area (Å²) in [6, 6.07) is 7.69. The molecule has 4 rings (SSSR count). The van der Waals surface area contributed by atoms with Crippen molar-refractivity contribution in [2.24, 2.45) is 0 Å². The molecule has 0 bridgehead atoms. The zero-order valence-corrected chi connectivity index (χ0v) is 15.1. The first-order chi connectivity index (χ1) is 12.1. The van der Waals surface area contributed by atoms with E-state index in [0.717, 1.165) is 53.0 Å². The molecule has 2 aromatic rings. The fourth-order valence-corrected chi connectivity index (χ4v) is 3.51. The van der Waals surface area contributed by atoms with E-state index in [2.05, 4.69) is 14.9 Å². The van der Waals surface area contributed by atoms with Gasteiger partial charge in [-0.05, 0) is 37.5 Å². The Morgan fingerprint density at radius 3 is 2.60 bits per heavy atom. The van der Waals surface area contributed by atoms with Crippen LogP contribution in [0.1, 0.15) is 35.5 Å². The van der Waals surface area contributed by atoms with Crippen LogP contribution in [0, 0.1) is 6.92 Å². The van der Waals surface area contributed by atoms with Gasteiger partial charge in [-0.2, -0.15) is 0 Å². The van der Waals surface area contributed by atoms with E-state index >= 15 is 0 Å². The first-order valence-electron chi connectivity index (χ1n) is 8.74. The Labute approximate surface area is 152 Å². The first kappa shape index (κ1) is 16.3. The van der Waals surface area contributed by atoms with Crippen LogP contribution in [0.25, 0.3) is 0 Å². The van der Waals surface area contributed by atoms with Crippen LogP contribution in [0.3, 0.4) is 0 Å². The van der Waals surface area contributed by atoms with Crippen molar-refractivity contribution in [1.29, 1.82) is 0 Å². The standard InChI is InChI=1S/C19H21ClN4O/c1-13-21-17-12-24(11-16(17)19(22-13)23-9-2-10-23)18(25)8-5-14-3-6-15(20)7-4-14/h3-4,6-7H,2,5,8-12H2,1H3. The predicted octanol–water partition coefficient (Wildman–Crippen LogP) is 3.12. The molecule has 0 radical (unpaired) electrons. The molecule has 25 heavy (non-hydrogen) atoms. The van der Waals surface area contributed by atoms with E-state index < -0.39 is 0 Å². The Bertz CT molecular complexity index is 802. The molecule has 1 fully saturated rings. The molecule has 2 aliphatic rings. The van der Waals surface area contributed by atoms with Crippen LogP contribution < -0.4 is 4.90 Å². The van der Waals surface area contributed by atoms with Gasteiger partial charge in [-0.1, -0.05) is 23.7 Å². The van der Waals surface area contributed by atoms with Gasteiger partial charge in [0.15, 0.2) is 0 Å². The smallest absolute Gasteiger partial charge is 0.223 e. The van der Waals surface area contributed by atoms with Gasteiger partial charge in [-0.3, -0.25) is 4.79 Å². The van der Waals surface area contributed by atoms with E-state index in [1.54, 1.807) is 0 Å². The molecule has 0 spiro atoms. The molecule has 0 aliphatic carbocycles. The van der Waals surface area contributed by atoms with Gasteiger partial charge < -0.3 is 9.80 Å². The minimum Gasteiger partial charge on any atom is -0.356 e. The monoisotopic (exact) mass is 356 g/mol. The number of hydrogen-bond donors (Lipinski definition) is 0. The number of aromatic nitrogens is 2. The Kier molecular flexibility index (Phi) is 4.34. The summed E-state index contributed by atoms with van der Waals surface area (Å²) >= 11 is 5.91. The molecule has 1 aromatic carbocycles. The number of amides is 1. The van der Waals surface area contributed by atoms with Crippen molar-refractivity contribution in [2.75, 3.05) is 18.0 Å². The number of halogens is 1. The normalized spacial score (nSPS) is 15.9. The van der Waals surface area contributed by atoms with Gasteiger partial charge in [0.2, 0.25) is 5.91 Å². The van der Waals surface area contributed by atoms with Crippen molar-refractivity contribution in [3.8, 4) is 0 Å². The Balaban J connectivity index is 1.44. The summed E-state index contributed by atoms with van der Waals surface area (Å²) in [5.41, 5.74) is 3.27. The summed E-state index contributed by atoms with van der Waals surface area (Å²) in [5, 5.41) is 0.720. The van der Waals surface area contributed by atoms with Crippen LogP contribution in [-0.2, 0) is 24.3 Å². The van der Waals surface area contributed by atoms with E-state index in [1.165, 1.54) is 6.42 Å². The fourth-order valence-electron chi connectivity index (χ4n) is 3.38. The van der Waals surface area contributed by atoms with Crippen molar-refractivity contribution < 1.29 is 4.79 Å². The molecular formula is C19H21ClN4O. The van der Waals surface area contributed by atoms with Crippen molar-refractivity contribution in [3.63, 3.8) is 0 Å². The van der Waals surface area contributed by atoms with Crippen molar-refractivity contribution in [2.45, 2.75) is 39.3 Å². The Hall–Kier alpha value is -2.14. The molecule has 1 saturated heterocycles. The third kappa shape index (κ3) is 3.33. The fraction of sp³-hybridized carbons (Fsp3) is 0.421. The van der Waals surface area contributed by atoms with Crippen LogP contribution in [0.2, 0.25) is 5.02 Å². The minimum absolute atomic E-state index is 0.167. The maximum Gasteiger partial charge on any atom is 0.223 e. The van der Waals surface area contributed by atoms with Gasteiger partial charge in [0.1, 0.15) is 11.6 Å². The molecule has 0 atom stereocenters. The SMILES string of the molecule is Cc1nc2c(c(N3CCC3)n1)CN(C(=O)CCc1ccc(Cl)cc1)C2. The highest BCUT2D eigenvalue weighted by Gasteiger charge is 2.30. The second-order valence-corrected chi connectivity index (χ2v) is 7.17. The van der Waals surface area contributed by atoms with E-state index in [1.807, 2.05) is 36.1 Å². The molecule has 6 heteroatoms. The maximum absolute atomic E-state index is 12.6. The molecule has 1 amide bonds. The summed E-state index contributed by atoms with van der Waals surface area (Å²) in [6.07, 6.45) is 2.44. The average Bonchev–Trinajstić information content (AvgIpc) is 2.96. The molecule has 5 nitrogen and oxygen atoms in total. The number of aryl methyl sites for hydroxylation is 2. The highest BCUT2D eigenvalue weighted by Crippen LogP contribution is 2.31. The summed E-state index contributed by atoms with van der Waals surface area (Å²) in [6.45, 7) is 5.25. The van der Waals surface area contributed by atoms with Gasteiger partial charge in [-0.15, -0.1) is 0 Å². The van der Waals surface area contributed by atoms with Crippen LogP contribution in [0.5, 0.6) is 0 Å². The second kappa shape index (κ2) is 6.64. The summed E-state index contributed by atoms with van der Waals surface area (Å²) in [5.74, 6) is 1.98. The zero-order chi connectivity index (χ0) is 17.4. The zero-order valence-electron chi connectivity index (χ0n) is 14.3. The molecule has 1 aromatic heterocycles. The molecule has 2 aliphatic heterocycles. The molecule has 0 unspecified atom stereocenters. The highest BCUT2D eigenvalue weighted by atomic mass is 35.5. The lowest BCUT2D eigenvalue weighted by molar-refractivity contribution is -0.131. The van der Waals surface area contributed by atoms with E-state index in [-0.39, 0.29) is 5.91 Å². The predicted molar refractivity (Wildman–Crippen MR) is 97.6 cm³/mol. The lowest BCUT2D eigenvalue weighted by Gasteiger charge is -2.33. The number of anilines is 1. The van der Waals surface area contributed by atoms with Gasteiger partial charge in [0, 0.05) is 30.1 Å². The van der Waals surface area contributed by atoms with Crippen molar-refractivity contribution in [1.82, 2.24) is 14.9 Å². The summed E-state index contributed by atoms with van der Waals surface area (Å²) in [4.78, 5) is 26.0. The third-order valence-corrected chi connectivity index (χ3v) is 5.17. The van der Waals surface area contributed by atoms with Crippen molar-refractivity contribution >= 4 is 23.3 Å². The number of carbonyl (C=O) groups is 1. The van der Waals surface area contributed by atoms with Crippen LogP contribution in [0.4, 0.5) is 5.82 Å². The number of carbonyl (C=O) groups excluding carboxylic acids is 1. The van der Waals surface area contributed by atoms with Gasteiger partial charge in [-0.25, -0.2) is 9.97 Å². The molecule has 3 heterocycles. The lowest BCUT2D eigenvalue weighted by Crippen LogP contribution is -2.38. The van der Waals surface area contributed by atoms with E-state index in [4.69, 9.17) is 11.6 Å². The topological polar surface area (TPSA) is 49.3 Å². The Morgan fingerprint density at radius 2 is 1.92 bits per heavy atom. The molecular weight excluding hydrogens is 336 g/mol. The van der Waals surface area contributed by atoms with Gasteiger partial charge in [0.05, 0.1) is 18.8 Å². The number of fused-ring (bicyclic) bond motifs is 1. The largest absolute Gasteiger partial charge is 0.356 e. The van der Waals surface area contributed by atoms with Crippen LogP contribution in [0.15, 0.2) is 24.3 Å². The third-order valence-electron chi connectivity index (χ3n) is 4.92. The summed E-state index contributed by atoms with van der Waals surface area (Å²) < 4.78 is 0. The van der Waals surface area contributed by atoms with Gasteiger partial charge in [0.25, 0.3) is 0 Å². The minimum atomic E-state index is 0.167. The molecule has 0 N–H and O–H groups in total. The van der Waals surface area contributed by atoms with Crippen LogP contribution in [-0.4, -0.2) is 33.9 Å². The maximum atomic E-state index is 12.6. The van der Waals surface area contributed by atoms with Crippen molar-refractivity contribution in [3.05, 3.63) is 51.9 Å². The van der Waals surface area contributed by atoms with E-state index in [9.17, 15) is 4.79 Å². The Morgan fingerprint density at radius 1 is 1.16 bits per heavy atom. The summed E-state index contributed by atoms with van der Waals surface area (Å²) in [7, 11) is 0. The average molecular weight is 357 g/mol. The first-order valence-corrected chi connectivity index (χ1v) is 9.11. The second-order valence-electron chi connectivity index (χ2n) is 6.74. The molecule has 130 valence electrons. The number of hydrogen-bond acceptors (Lipinski definition) is 4. The number of benzene rings is 1.